The van der Waals surface area contributed by atoms with Gasteiger partial charge in [-0.25, -0.2) is 0 Å². The van der Waals surface area contributed by atoms with Crippen molar-refractivity contribution in [2.45, 2.75) is 75.9 Å². The van der Waals surface area contributed by atoms with Crippen LogP contribution in [0.4, 0.5) is 5.69 Å². The van der Waals surface area contributed by atoms with Crippen molar-refractivity contribution in [1.82, 2.24) is 19.7 Å². The molecule has 5 atom stereocenters. The summed E-state index contributed by atoms with van der Waals surface area (Å²) in [5.41, 5.74) is 14.7. The number of likely N-dealkylation sites (N-methyl/N-ethyl adjacent to an activating group) is 2. The van der Waals surface area contributed by atoms with Crippen LogP contribution in [-0.4, -0.2) is 83.8 Å². The van der Waals surface area contributed by atoms with E-state index in [-0.39, 0.29) is 101 Å². The third-order valence-corrected chi connectivity index (χ3v) is 12.8. The number of benzene rings is 3. The molecule has 55 heavy (non-hydrogen) atoms. The number of aromatic amines is 1. The predicted octanol–water partition coefficient (Wildman–Crippen LogP) is 4.57. The normalized spacial score (nSPS) is 23.7. The third kappa shape index (κ3) is 7.42. The van der Waals surface area contributed by atoms with Gasteiger partial charge in [-0.15, -0.1) is 11.8 Å². The summed E-state index contributed by atoms with van der Waals surface area (Å²) in [5, 5.41) is 12.6. The molecule has 4 aliphatic heterocycles. The summed E-state index contributed by atoms with van der Waals surface area (Å²) in [4.78, 5) is 23.5. The van der Waals surface area contributed by atoms with Crippen molar-refractivity contribution in [3.8, 4) is 28.7 Å². The number of nitrogen functional groups attached to an aromatic ring is 1. The predicted molar refractivity (Wildman–Crippen MR) is 214 cm³/mol. The number of aromatic hydroxyl groups is 1. The maximum absolute atomic E-state index is 12.7. The summed E-state index contributed by atoms with van der Waals surface area (Å²) < 4.78 is 23.9. The van der Waals surface area contributed by atoms with E-state index < -0.39 is 5.97 Å². The molecule has 9 rings (SSSR count). The van der Waals surface area contributed by atoms with Crippen molar-refractivity contribution in [2.24, 2.45) is 0 Å². The second-order valence-electron chi connectivity index (χ2n) is 15.0. The molecular weight excluding hydrogens is 742 g/mol. The minimum absolute atomic E-state index is 0. The van der Waals surface area contributed by atoms with Crippen LogP contribution in [0.3, 0.4) is 0 Å². The van der Waals surface area contributed by atoms with Crippen LogP contribution in [0, 0.1) is 28.2 Å². The number of aromatic nitrogens is 1. The number of nitrogens with zero attached hydrogens (tertiary/aromatic N) is 3. The molecule has 1 aliphatic carbocycles. The smallest absolute Gasteiger partial charge is 0.504 e. The maximum atomic E-state index is 12.7. The van der Waals surface area contributed by atoms with Crippen molar-refractivity contribution in [3.63, 3.8) is 0 Å². The standard InChI is InChI=1S/C38H44N5O6S.C3H6.CH3.K/c1-18-8-10-24(33(45)34(18)46-7)31-32-38(50-15-27-30-23(12-13-41(27)5)25-14-22(39)9-11-26(25)40-30)29-28(20(3)43(32)16-42(31)6)37-36(47-17-48-37)19(2)35(29)49-21(4)44;1-2-3-1;;/h8-11,14,20,27,31-32,38,40,45H,3,12-13,15-17,39H2,1-2,4-7H3;1-3H2;1H3;/q-1;;-1;+1. The van der Waals surface area contributed by atoms with Gasteiger partial charge in [0, 0.05) is 70.9 Å². The molecule has 0 radical (unpaired) electrons. The van der Waals surface area contributed by atoms with E-state index in [2.05, 4.69) is 45.9 Å². The Bertz CT molecular complexity index is 2090. The van der Waals surface area contributed by atoms with Crippen molar-refractivity contribution < 1.29 is 80.2 Å². The molecule has 1 saturated carbocycles. The van der Waals surface area contributed by atoms with Gasteiger partial charge in [-0.3, -0.25) is 14.6 Å². The van der Waals surface area contributed by atoms with Gasteiger partial charge in [-0.1, -0.05) is 37.4 Å². The summed E-state index contributed by atoms with van der Waals surface area (Å²) in [7, 11) is 5.84. The average molecular weight is 795 g/mol. The number of rotatable bonds is 6. The van der Waals surface area contributed by atoms with E-state index in [1.807, 2.05) is 43.8 Å². The third-order valence-electron chi connectivity index (χ3n) is 11.4. The van der Waals surface area contributed by atoms with Gasteiger partial charge < -0.3 is 54.0 Å². The number of hydrogen-bond donors (Lipinski definition) is 3. The van der Waals surface area contributed by atoms with Crippen molar-refractivity contribution in [3.05, 3.63) is 83.8 Å². The zero-order valence-electron chi connectivity index (χ0n) is 33.5. The summed E-state index contributed by atoms with van der Waals surface area (Å²) in [6, 6.07) is 9.43. The van der Waals surface area contributed by atoms with Crippen LogP contribution in [0.5, 0.6) is 28.7 Å². The van der Waals surface area contributed by atoms with Crippen LogP contribution in [0.1, 0.15) is 88.6 Å². The Hall–Kier alpha value is -2.46. The van der Waals surface area contributed by atoms with Gasteiger partial charge in [0.25, 0.3) is 0 Å². The Morgan fingerprint density at radius 1 is 1.07 bits per heavy atom. The molecule has 0 bridgehead atoms. The van der Waals surface area contributed by atoms with Gasteiger partial charge in [0.1, 0.15) is 5.75 Å². The molecule has 1 aromatic heterocycles. The average Bonchev–Trinajstić information content (AvgIpc) is 3.74. The number of nitrogens with one attached hydrogen (secondary N) is 1. The fraction of sp³-hybridized carbons (Fsp3) is 0.452. The van der Waals surface area contributed by atoms with Gasteiger partial charge in [0.05, 0.1) is 24.4 Å². The Labute approximate surface area is 372 Å². The van der Waals surface area contributed by atoms with Gasteiger partial charge >= 0.3 is 57.4 Å². The molecule has 0 spiro atoms. The number of fused-ring (bicyclic) bond motifs is 7. The van der Waals surface area contributed by atoms with Crippen molar-refractivity contribution >= 4 is 34.3 Å². The number of carbonyl (C=O) groups excluding carboxylic acids is 1. The van der Waals surface area contributed by atoms with Crippen LogP contribution in [0.25, 0.3) is 10.9 Å². The number of thioether (sulfide) groups is 1. The SMILES string of the molecule is C1CC1.[CH2-]C1c2c3c(c(C)c(OC(C)=O)c2C(SCC2c4[nH]c5ccc(N)cc5c4CCN2C)C2C(c4ccc(C)c(OC)c4O)N(C)CN12)OCO3.[CH3-].[K+]. The zero-order valence-corrected chi connectivity index (χ0v) is 37.4. The second-order valence-corrected chi connectivity index (χ2v) is 16.2. The number of nitrogens with two attached hydrogens (primary N) is 1. The first-order valence-electron chi connectivity index (χ1n) is 18.5. The number of ether oxygens (including phenoxy) is 4. The van der Waals surface area contributed by atoms with Crippen molar-refractivity contribution in [2.75, 3.05) is 52.7 Å². The minimum Gasteiger partial charge on any atom is -0.504 e. The molecular formula is C42H53KN5O6S-. The Morgan fingerprint density at radius 3 is 2.49 bits per heavy atom. The Kier molecular flexibility index (Phi) is 12.9. The minimum atomic E-state index is -0.407. The fourth-order valence-corrected chi connectivity index (χ4v) is 10.5. The van der Waals surface area contributed by atoms with Gasteiger partial charge in [-0.05, 0) is 69.3 Å². The first kappa shape index (κ1) is 42.2. The summed E-state index contributed by atoms with van der Waals surface area (Å²) in [5.74, 6) is 2.70. The van der Waals surface area contributed by atoms with Gasteiger partial charge in [0.2, 0.25) is 6.79 Å². The van der Waals surface area contributed by atoms with Crippen LogP contribution in [-0.2, 0) is 11.2 Å². The number of phenolic OH excluding ortho intramolecular Hbond substituents is 1. The molecule has 2 fully saturated rings. The molecule has 290 valence electrons. The Balaban J connectivity index is 0.000000982. The zero-order chi connectivity index (χ0) is 37.3. The van der Waals surface area contributed by atoms with Crippen LogP contribution >= 0.6 is 11.8 Å². The van der Waals surface area contributed by atoms with E-state index in [9.17, 15) is 9.90 Å². The molecule has 5 unspecified atom stereocenters. The van der Waals surface area contributed by atoms with Gasteiger partial charge in [-0.2, -0.15) is 0 Å². The molecule has 3 aromatic carbocycles. The number of phenols is 1. The number of H-pyrrole nitrogens is 1. The van der Waals surface area contributed by atoms with Crippen LogP contribution < -0.4 is 76.1 Å². The number of anilines is 1. The van der Waals surface area contributed by atoms with E-state index in [4.69, 9.17) is 31.6 Å². The van der Waals surface area contributed by atoms with Crippen LogP contribution in [0.15, 0.2) is 30.3 Å². The van der Waals surface area contributed by atoms with Gasteiger partial charge in [0.15, 0.2) is 23.0 Å². The van der Waals surface area contributed by atoms with E-state index in [1.165, 1.54) is 42.8 Å². The molecule has 13 heteroatoms. The van der Waals surface area contributed by atoms with Crippen molar-refractivity contribution in [1.29, 1.82) is 0 Å². The molecule has 5 heterocycles. The first-order valence-corrected chi connectivity index (χ1v) is 19.6. The van der Waals surface area contributed by atoms with Crippen LogP contribution in [0.2, 0.25) is 0 Å². The summed E-state index contributed by atoms with van der Waals surface area (Å²) >= 11 is 1.84. The number of methoxy groups -OCH3 is 1. The topological polar surface area (TPSA) is 126 Å². The Morgan fingerprint density at radius 2 is 1.80 bits per heavy atom. The quantitative estimate of drug-likeness (QED) is 0.0837. The molecule has 1 saturated heterocycles. The molecule has 4 aromatic rings. The molecule has 5 aliphatic rings. The summed E-state index contributed by atoms with van der Waals surface area (Å²) in [6.07, 6.45) is 5.43. The second kappa shape index (κ2) is 16.8. The fourth-order valence-electron chi connectivity index (χ4n) is 8.76. The molecule has 11 nitrogen and oxygen atoms in total. The first-order chi connectivity index (χ1) is 25.5. The van der Waals surface area contributed by atoms with E-state index >= 15 is 0 Å². The van der Waals surface area contributed by atoms with E-state index in [0.29, 0.717) is 29.7 Å². The number of esters is 1. The molecule has 0 amide bonds. The largest absolute Gasteiger partial charge is 1.00 e. The van der Waals surface area contributed by atoms with E-state index in [1.54, 1.807) is 7.11 Å². The number of hydrogen-bond acceptors (Lipinski definition) is 11. The monoisotopic (exact) mass is 794 g/mol. The molecule has 4 N–H and O–H groups in total. The summed E-state index contributed by atoms with van der Waals surface area (Å²) in [6.45, 7) is 11.6. The number of carbonyl (C=O) groups is 1. The van der Waals surface area contributed by atoms with E-state index in [0.717, 1.165) is 57.7 Å². The number of aryl methyl sites for hydroxylation is 1. The maximum Gasteiger partial charge on any atom is 1.00 e.